The van der Waals surface area contributed by atoms with Crippen LogP contribution >= 0.6 is 22.9 Å². The van der Waals surface area contributed by atoms with Crippen molar-refractivity contribution in [3.63, 3.8) is 0 Å². The summed E-state index contributed by atoms with van der Waals surface area (Å²) in [5, 5.41) is 3.55. The molecule has 1 aromatic carbocycles. The average Bonchev–Trinajstić information content (AvgIpc) is 2.95. The first-order chi connectivity index (χ1) is 10.1. The molecule has 2 aromatic heterocycles. The van der Waals surface area contributed by atoms with Gasteiger partial charge in [0.1, 0.15) is 5.15 Å². The van der Waals surface area contributed by atoms with Gasteiger partial charge in [0.05, 0.1) is 10.4 Å². The lowest BCUT2D eigenvalue weighted by Crippen LogP contribution is -1.94. The molecule has 0 amide bonds. The van der Waals surface area contributed by atoms with Crippen molar-refractivity contribution in [1.82, 2.24) is 9.97 Å². The fourth-order valence-electron chi connectivity index (χ4n) is 2.38. The number of aromatic nitrogens is 2. The fraction of sp³-hybridized carbons (Fsp3) is 0.294. The number of aryl methyl sites for hydroxylation is 1. The van der Waals surface area contributed by atoms with Crippen molar-refractivity contribution in [3.05, 3.63) is 45.9 Å². The zero-order chi connectivity index (χ0) is 15.0. The van der Waals surface area contributed by atoms with Crippen molar-refractivity contribution in [2.24, 2.45) is 0 Å². The summed E-state index contributed by atoms with van der Waals surface area (Å²) >= 11 is 8.07. The van der Waals surface area contributed by atoms with Crippen LogP contribution in [-0.4, -0.2) is 9.97 Å². The standard InChI is InChI=1S/C17H17ClN2S/c1-4-11-7-8-21-15(11)17-19-14-6-5-12(10(2)3)9-13(14)16(18)20-17/h5-10H,4H2,1-3H3. The predicted octanol–water partition coefficient (Wildman–Crippen LogP) is 5.70. The molecule has 0 saturated carbocycles. The molecule has 3 aromatic rings. The number of rotatable bonds is 3. The quantitative estimate of drug-likeness (QED) is 0.579. The first kappa shape index (κ1) is 14.5. The molecule has 0 atom stereocenters. The van der Waals surface area contributed by atoms with Gasteiger partial charge in [-0.2, -0.15) is 0 Å². The molecule has 21 heavy (non-hydrogen) atoms. The molecule has 0 aliphatic rings. The number of benzene rings is 1. The van der Waals surface area contributed by atoms with E-state index in [1.54, 1.807) is 11.3 Å². The summed E-state index contributed by atoms with van der Waals surface area (Å²) in [6.45, 7) is 6.48. The third kappa shape index (κ3) is 2.68. The Labute approximate surface area is 133 Å². The monoisotopic (exact) mass is 316 g/mol. The van der Waals surface area contributed by atoms with Crippen LogP contribution in [-0.2, 0) is 6.42 Å². The summed E-state index contributed by atoms with van der Waals surface area (Å²) in [6.07, 6.45) is 0.976. The zero-order valence-corrected chi connectivity index (χ0v) is 13.9. The maximum Gasteiger partial charge on any atom is 0.171 e. The number of hydrogen-bond acceptors (Lipinski definition) is 3. The Morgan fingerprint density at radius 2 is 2.00 bits per heavy atom. The van der Waals surface area contributed by atoms with E-state index in [1.807, 2.05) is 6.07 Å². The normalized spacial score (nSPS) is 11.5. The molecule has 0 aliphatic carbocycles. The van der Waals surface area contributed by atoms with E-state index >= 15 is 0 Å². The molecule has 0 N–H and O–H groups in total. The lowest BCUT2D eigenvalue weighted by molar-refractivity contribution is 0.868. The van der Waals surface area contributed by atoms with Crippen molar-refractivity contribution in [2.45, 2.75) is 33.1 Å². The van der Waals surface area contributed by atoms with Gasteiger partial charge in [0, 0.05) is 5.39 Å². The van der Waals surface area contributed by atoms with Crippen LogP contribution in [0.5, 0.6) is 0 Å². The van der Waals surface area contributed by atoms with E-state index in [2.05, 4.69) is 49.3 Å². The minimum absolute atomic E-state index is 0.467. The molecule has 0 fully saturated rings. The molecular weight excluding hydrogens is 300 g/mol. The number of halogens is 1. The molecule has 0 bridgehead atoms. The van der Waals surface area contributed by atoms with Crippen molar-refractivity contribution < 1.29 is 0 Å². The average molecular weight is 317 g/mol. The first-order valence-electron chi connectivity index (χ1n) is 7.14. The SMILES string of the molecule is CCc1ccsc1-c1nc(Cl)c2cc(C(C)C)ccc2n1. The zero-order valence-electron chi connectivity index (χ0n) is 12.4. The highest BCUT2D eigenvalue weighted by atomic mass is 35.5. The molecule has 2 heterocycles. The highest BCUT2D eigenvalue weighted by Crippen LogP contribution is 2.31. The number of fused-ring (bicyclic) bond motifs is 1. The molecule has 0 aliphatic heterocycles. The highest BCUT2D eigenvalue weighted by molar-refractivity contribution is 7.13. The van der Waals surface area contributed by atoms with Gasteiger partial charge in [0.25, 0.3) is 0 Å². The van der Waals surface area contributed by atoms with Crippen molar-refractivity contribution >= 4 is 33.8 Å². The highest BCUT2D eigenvalue weighted by Gasteiger charge is 2.13. The van der Waals surface area contributed by atoms with Gasteiger partial charge < -0.3 is 0 Å². The Bertz CT molecular complexity index is 793. The number of hydrogen-bond donors (Lipinski definition) is 0. The summed E-state index contributed by atoms with van der Waals surface area (Å²) in [5.41, 5.74) is 3.44. The van der Waals surface area contributed by atoms with Gasteiger partial charge in [-0.05, 0) is 47.0 Å². The summed E-state index contributed by atoms with van der Waals surface area (Å²) in [7, 11) is 0. The van der Waals surface area contributed by atoms with Crippen LogP contribution in [0.2, 0.25) is 5.15 Å². The van der Waals surface area contributed by atoms with Gasteiger partial charge >= 0.3 is 0 Å². The predicted molar refractivity (Wildman–Crippen MR) is 91.3 cm³/mol. The van der Waals surface area contributed by atoms with E-state index in [1.165, 1.54) is 11.1 Å². The van der Waals surface area contributed by atoms with Crippen molar-refractivity contribution in [2.75, 3.05) is 0 Å². The van der Waals surface area contributed by atoms with Gasteiger partial charge in [0.2, 0.25) is 0 Å². The Kier molecular flexibility index (Phi) is 3.96. The van der Waals surface area contributed by atoms with Crippen LogP contribution in [0.1, 0.15) is 37.8 Å². The third-order valence-electron chi connectivity index (χ3n) is 3.67. The molecule has 2 nitrogen and oxygen atoms in total. The van der Waals surface area contributed by atoms with Crippen LogP contribution in [0, 0.1) is 0 Å². The summed E-state index contributed by atoms with van der Waals surface area (Å²) in [5.74, 6) is 1.20. The number of nitrogens with zero attached hydrogens (tertiary/aromatic N) is 2. The third-order valence-corrected chi connectivity index (χ3v) is 4.91. The molecule has 108 valence electrons. The Hall–Kier alpha value is -1.45. The molecule has 0 radical (unpaired) electrons. The van der Waals surface area contributed by atoms with Crippen LogP contribution < -0.4 is 0 Å². The van der Waals surface area contributed by atoms with E-state index in [9.17, 15) is 0 Å². The van der Waals surface area contributed by atoms with E-state index in [4.69, 9.17) is 16.6 Å². The first-order valence-corrected chi connectivity index (χ1v) is 8.39. The minimum Gasteiger partial charge on any atom is -0.227 e. The summed E-state index contributed by atoms with van der Waals surface area (Å²) in [6, 6.07) is 8.39. The lowest BCUT2D eigenvalue weighted by Gasteiger charge is -2.09. The minimum atomic E-state index is 0.467. The van der Waals surface area contributed by atoms with Gasteiger partial charge in [-0.1, -0.05) is 38.4 Å². The summed E-state index contributed by atoms with van der Waals surface area (Å²) < 4.78 is 0. The van der Waals surface area contributed by atoms with Gasteiger partial charge in [-0.15, -0.1) is 11.3 Å². The Morgan fingerprint density at radius 3 is 2.71 bits per heavy atom. The van der Waals surface area contributed by atoms with Crippen LogP contribution in [0.4, 0.5) is 0 Å². The Balaban J connectivity index is 2.18. The lowest BCUT2D eigenvalue weighted by atomic mass is 10.0. The number of thiophene rings is 1. The second-order valence-corrected chi connectivity index (χ2v) is 6.67. The molecule has 4 heteroatoms. The molecular formula is C17H17ClN2S. The van der Waals surface area contributed by atoms with Gasteiger partial charge in [-0.25, -0.2) is 9.97 Å². The van der Waals surface area contributed by atoms with Crippen LogP contribution in [0.25, 0.3) is 21.6 Å². The molecule has 3 rings (SSSR count). The second kappa shape index (κ2) is 5.74. The van der Waals surface area contributed by atoms with Gasteiger partial charge in [0.15, 0.2) is 5.82 Å². The molecule has 0 spiro atoms. The maximum absolute atomic E-state index is 6.40. The smallest absolute Gasteiger partial charge is 0.171 e. The van der Waals surface area contributed by atoms with E-state index in [0.29, 0.717) is 11.1 Å². The molecule has 0 unspecified atom stereocenters. The van der Waals surface area contributed by atoms with Crippen LogP contribution in [0.15, 0.2) is 29.6 Å². The topological polar surface area (TPSA) is 25.8 Å². The summed E-state index contributed by atoms with van der Waals surface area (Å²) in [4.78, 5) is 10.3. The largest absolute Gasteiger partial charge is 0.227 e. The van der Waals surface area contributed by atoms with Crippen molar-refractivity contribution in [3.8, 4) is 10.7 Å². The fourth-order valence-corrected chi connectivity index (χ4v) is 3.54. The Morgan fingerprint density at radius 1 is 1.19 bits per heavy atom. The van der Waals surface area contributed by atoms with E-state index in [-0.39, 0.29) is 0 Å². The van der Waals surface area contributed by atoms with E-state index in [0.717, 1.165) is 28.0 Å². The van der Waals surface area contributed by atoms with Crippen LogP contribution in [0.3, 0.4) is 0 Å². The molecule has 0 saturated heterocycles. The van der Waals surface area contributed by atoms with E-state index < -0.39 is 0 Å². The van der Waals surface area contributed by atoms with Gasteiger partial charge in [-0.3, -0.25) is 0 Å². The van der Waals surface area contributed by atoms with Crippen molar-refractivity contribution in [1.29, 1.82) is 0 Å². The maximum atomic E-state index is 6.40. The second-order valence-electron chi connectivity index (χ2n) is 5.40.